The summed E-state index contributed by atoms with van der Waals surface area (Å²) in [6.07, 6.45) is 3.66. The quantitative estimate of drug-likeness (QED) is 0.552. The molecule has 1 heterocycles. The van der Waals surface area contributed by atoms with E-state index in [2.05, 4.69) is 16.6 Å². The average Bonchev–Trinajstić information content (AvgIpc) is 2.26. The second kappa shape index (κ2) is 3.19. The summed E-state index contributed by atoms with van der Waals surface area (Å²) in [5, 5.41) is 2.05. The van der Waals surface area contributed by atoms with E-state index in [1.54, 1.807) is 13.3 Å². The molecule has 0 aromatic carbocycles. The van der Waals surface area contributed by atoms with E-state index in [0.29, 0.717) is 0 Å². The van der Waals surface area contributed by atoms with Gasteiger partial charge in [0, 0.05) is 24.3 Å². The molecule has 2 nitrogen and oxygen atoms in total. The fraction of sp³-hybridized carbons (Fsp3) is 0.222. The van der Waals surface area contributed by atoms with Gasteiger partial charge in [-0.2, -0.15) is 0 Å². The molecule has 1 aromatic heterocycles. The fourth-order valence-electron chi connectivity index (χ4n) is 0.966. The number of aliphatic imine (C=N–C) groups is 1. The van der Waals surface area contributed by atoms with Gasteiger partial charge in [-0.1, -0.05) is 6.58 Å². The van der Waals surface area contributed by atoms with Crippen LogP contribution in [0.2, 0.25) is 0 Å². The molecule has 0 saturated carbocycles. The van der Waals surface area contributed by atoms with Crippen LogP contribution in [0.15, 0.2) is 11.1 Å². The zero-order valence-corrected chi connectivity index (χ0v) is 6.89. The van der Waals surface area contributed by atoms with Crippen molar-refractivity contribution in [1.29, 1.82) is 0 Å². The van der Waals surface area contributed by atoms with Gasteiger partial charge in [-0.3, -0.25) is 4.99 Å². The van der Waals surface area contributed by atoms with Crippen molar-refractivity contribution in [2.24, 2.45) is 4.99 Å². The molecule has 0 aliphatic carbocycles. The topological polar surface area (TPSA) is 28.1 Å². The maximum absolute atomic E-state index is 3.87. The molecule has 0 saturated heterocycles. The first-order chi connectivity index (χ1) is 5.24. The van der Waals surface area contributed by atoms with Gasteiger partial charge in [0.05, 0.1) is 0 Å². The molecule has 0 atom stereocenters. The number of H-pyrrole nitrogens is 1. The van der Waals surface area contributed by atoms with Gasteiger partial charge in [0.25, 0.3) is 0 Å². The van der Waals surface area contributed by atoms with E-state index in [4.69, 9.17) is 0 Å². The Morgan fingerprint density at radius 3 is 2.82 bits per heavy atom. The monoisotopic (exact) mass is 148 g/mol. The van der Waals surface area contributed by atoms with Gasteiger partial charge in [0.1, 0.15) is 0 Å². The summed E-state index contributed by atoms with van der Waals surface area (Å²) in [5.74, 6) is 0. The zero-order chi connectivity index (χ0) is 8.27. The van der Waals surface area contributed by atoms with Crippen molar-refractivity contribution in [2.75, 3.05) is 7.05 Å². The summed E-state index contributed by atoms with van der Waals surface area (Å²) < 4.78 is 0. The Kier molecular flexibility index (Phi) is 2.26. The molecule has 1 N–H and O–H groups in total. The zero-order valence-electron chi connectivity index (χ0n) is 6.89. The third-order valence-corrected chi connectivity index (χ3v) is 1.46. The summed E-state index contributed by atoms with van der Waals surface area (Å²) in [6.45, 7) is 5.88. The van der Waals surface area contributed by atoms with Crippen molar-refractivity contribution in [1.82, 2.24) is 4.98 Å². The van der Waals surface area contributed by atoms with E-state index in [-0.39, 0.29) is 0 Å². The second-order valence-corrected chi connectivity index (χ2v) is 2.47. The van der Waals surface area contributed by atoms with Crippen LogP contribution in [0.25, 0.3) is 12.7 Å². The Bertz CT molecular complexity index is 357. The lowest BCUT2D eigenvalue weighted by atomic mass is 10.4. The molecule has 1 aromatic rings. The van der Waals surface area contributed by atoms with Crippen LogP contribution in [0, 0.1) is 6.92 Å². The van der Waals surface area contributed by atoms with Gasteiger partial charge in [0.2, 0.25) is 0 Å². The van der Waals surface area contributed by atoms with Crippen molar-refractivity contribution in [3.8, 4) is 0 Å². The number of aromatic nitrogens is 1. The summed E-state index contributed by atoms with van der Waals surface area (Å²) >= 11 is 0. The maximum atomic E-state index is 3.87. The first kappa shape index (κ1) is 7.79. The molecule has 0 unspecified atom stereocenters. The van der Waals surface area contributed by atoms with E-state index < -0.39 is 0 Å². The number of aromatic amines is 1. The first-order valence-electron chi connectivity index (χ1n) is 3.51. The Balaban J connectivity index is 3.23. The number of hydrogen-bond acceptors (Lipinski definition) is 1. The molecule has 2 heteroatoms. The third-order valence-electron chi connectivity index (χ3n) is 1.46. The predicted molar refractivity (Wildman–Crippen MR) is 49.2 cm³/mol. The number of aryl methyl sites for hydroxylation is 1. The van der Waals surface area contributed by atoms with Crippen LogP contribution >= 0.6 is 0 Å². The van der Waals surface area contributed by atoms with Crippen LogP contribution in [0.5, 0.6) is 0 Å². The van der Waals surface area contributed by atoms with E-state index in [1.165, 1.54) is 0 Å². The molecule has 1 rings (SSSR count). The maximum Gasteiger partial charge on any atom is 0.0465 e. The molecule has 11 heavy (non-hydrogen) atoms. The smallest absolute Gasteiger partial charge is 0.0465 e. The summed E-state index contributed by atoms with van der Waals surface area (Å²) in [6, 6.07) is 2.01. The Morgan fingerprint density at radius 2 is 2.36 bits per heavy atom. The van der Waals surface area contributed by atoms with E-state index in [9.17, 15) is 0 Å². The van der Waals surface area contributed by atoms with Gasteiger partial charge < -0.3 is 4.98 Å². The lowest BCUT2D eigenvalue weighted by molar-refractivity contribution is 1.22. The lowest BCUT2D eigenvalue weighted by Crippen LogP contribution is -2.20. The summed E-state index contributed by atoms with van der Waals surface area (Å²) in [5.41, 5.74) is 1.13. The predicted octanol–water partition coefficient (Wildman–Crippen LogP) is 0.215. The highest BCUT2D eigenvalue weighted by Gasteiger charge is 1.85. The van der Waals surface area contributed by atoms with E-state index >= 15 is 0 Å². The highest BCUT2D eigenvalue weighted by molar-refractivity contribution is 5.90. The van der Waals surface area contributed by atoms with Gasteiger partial charge in [-0.05, 0) is 24.3 Å². The molecule has 0 radical (unpaired) electrons. The van der Waals surface area contributed by atoms with Crippen molar-refractivity contribution >= 4 is 18.9 Å². The molecule has 0 spiro atoms. The standard InChI is InChI=1S/C9H12N2/c1-7-6-8(2)11-9(7)4-5-10-3/h4-6,11H,1H2,2-3H3. The van der Waals surface area contributed by atoms with Crippen molar-refractivity contribution < 1.29 is 0 Å². The minimum absolute atomic E-state index is 1.02. The lowest BCUT2D eigenvalue weighted by Gasteiger charge is -1.76. The Hall–Kier alpha value is -1.31. The van der Waals surface area contributed by atoms with Gasteiger partial charge in [-0.25, -0.2) is 0 Å². The summed E-state index contributed by atoms with van der Waals surface area (Å²) in [4.78, 5) is 7.02. The van der Waals surface area contributed by atoms with Gasteiger partial charge in [0.15, 0.2) is 0 Å². The van der Waals surface area contributed by atoms with Crippen LogP contribution in [-0.4, -0.2) is 18.2 Å². The second-order valence-electron chi connectivity index (χ2n) is 2.47. The van der Waals surface area contributed by atoms with E-state index in [0.717, 1.165) is 16.3 Å². The molecule has 0 fully saturated rings. The largest absolute Gasteiger partial charge is 0.359 e. The van der Waals surface area contributed by atoms with Crippen LogP contribution in [0.3, 0.4) is 0 Å². The SMILES string of the molecule is C=c1cc(C)[nH]c1=CC=NC. The minimum Gasteiger partial charge on any atom is -0.359 e. The number of nitrogens with one attached hydrogen (secondary N) is 1. The van der Waals surface area contributed by atoms with Crippen LogP contribution in [0.4, 0.5) is 0 Å². The molecule has 0 aliphatic rings. The van der Waals surface area contributed by atoms with Gasteiger partial charge >= 0.3 is 0 Å². The Morgan fingerprint density at radius 1 is 1.64 bits per heavy atom. The van der Waals surface area contributed by atoms with E-state index in [1.807, 2.05) is 19.1 Å². The molecular formula is C9H12N2. The number of hydrogen-bond donors (Lipinski definition) is 1. The van der Waals surface area contributed by atoms with Crippen molar-refractivity contribution in [2.45, 2.75) is 6.92 Å². The van der Waals surface area contributed by atoms with Gasteiger partial charge in [-0.15, -0.1) is 0 Å². The van der Waals surface area contributed by atoms with Crippen LogP contribution in [-0.2, 0) is 0 Å². The molecule has 0 amide bonds. The minimum atomic E-state index is 1.02. The number of rotatable bonds is 1. The number of nitrogens with zero attached hydrogens (tertiary/aromatic N) is 1. The van der Waals surface area contributed by atoms with Crippen LogP contribution in [0.1, 0.15) is 5.69 Å². The molecular weight excluding hydrogens is 136 g/mol. The van der Waals surface area contributed by atoms with Crippen molar-refractivity contribution in [3.05, 3.63) is 22.3 Å². The molecule has 0 bridgehead atoms. The first-order valence-corrected chi connectivity index (χ1v) is 3.51. The third kappa shape index (κ3) is 1.80. The molecule has 58 valence electrons. The highest BCUT2D eigenvalue weighted by Crippen LogP contribution is 1.76. The van der Waals surface area contributed by atoms with Crippen LogP contribution < -0.4 is 10.6 Å². The van der Waals surface area contributed by atoms with Crippen molar-refractivity contribution in [3.63, 3.8) is 0 Å². The highest BCUT2D eigenvalue weighted by atomic mass is 14.7. The fourth-order valence-corrected chi connectivity index (χ4v) is 0.966. The Labute approximate surface area is 66.0 Å². The summed E-state index contributed by atoms with van der Waals surface area (Å²) in [7, 11) is 1.75. The average molecular weight is 148 g/mol. The molecule has 0 aliphatic heterocycles. The normalized spacial score (nSPS) is 13.1.